The standard InChI is InChI=1S/C34H32N3O6/c1-4-18-35-28-11-6-5-10-27(28)34(2,3)32(35)17-13-22-8-7-9-24-19-23-12-15-26(21-31(23)43-33(22)24)42-30-16-14-25(36(38)39)20-29(30)37(40)41/h5-6,10-17,19-21H,4,7-9,18H2,1-3H3/q+1. The zero-order valence-electron chi connectivity index (χ0n) is 24.3. The van der Waals surface area contributed by atoms with Gasteiger partial charge in [-0.15, -0.1) is 0 Å². The van der Waals surface area contributed by atoms with Gasteiger partial charge in [-0.2, -0.15) is 4.58 Å². The largest absolute Gasteiger partial charge is 0.456 e. The van der Waals surface area contributed by atoms with Crippen LogP contribution in [0.3, 0.4) is 0 Å². The lowest BCUT2D eigenvalue weighted by molar-refractivity contribution is -0.437. The molecule has 3 aliphatic rings. The summed E-state index contributed by atoms with van der Waals surface area (Å²) in [6.45, 7) is 7.69. The molecule has 0 N–H and O–H groups in total. The van der Waals surface area contributed by atoms with Crippen molar-refractivity contribution in [3.8, 4) is 17.2 Å². The van der Waals surface area contributed by atoms with Gasteiger partial charge < -0.3 is 9.47 Å². The highest BCUT2D eigenvalue weighted by atomic mass is 16.6. The highest BCUT2D eigenvalue weighted by molar-refractivity contribution is 6.03. The second-order valence-corrected chi connectivity index (χ2v) is 11.5. The molecule has 0 aromatic heterocycles. The molecule has 0 bridgehead atoms. The van der Waals surface area contributed by atoms with Crippen molar-refractivity contribution in [1.29, 1.82) is 0 Å². The lowest BCUT2D eigenvalue weighted by Crippen LogP contribution is -2.28. The summed E-state index contributed by atoms with van der Waals surface area (Å²) < 4.78 is 14.8. The van der Waals surface area contributed by atoms with Crippen molar-refractivity contribution in [3.63, 3.8) is 0 Å². The Morgan fingerprint density at radius 2 is 1.81 bits per heavy atom. The number of allylic oxidation sites excluding steroid dienone is 4. The summed E-state index contributed by atoms with van der Waals surface area (Å²) in [5, 5.41) is 22.7. The Morgan fingerprint density at radius 3 is 2.58 bits per heavy atom. The summed E-state index contributed by atoms with van der Waals surface area (Å²) in [4.78, 5) is 21.3. The summed E-state index contributed by atoms with van der Waals surface area (Å²) in [6, 6.07) is 17.2. The lowest BCUT2D eigenvalue weighted by Gasteiger charge is -2.27. The minimum Gasteiger partial charge on any atom is -0.456 e. The molecule has 0 spiro atoms. The molecule has 3 aromatic carbocycles. The van der Waals surface area contributed by atoms with Crippen LogP contribution in [0.5, 0.6) is 17.2 Å². The third-order valence-corrected chi connectivity index (χ3v) is 8.27. The van der Waals surface area contributed by atoms with Gasteiger partial charge in [-0.3, -0.25) is 20.2 Å². The van der Waals surface area contributed by atoms with E-state index in [-0.39, 0.29) is 16.9 Å². The molecule has 0 saturated heterocycles. The van der Waals surface area contributed by atoms with Gasteiger partial charge in [0.2, 0.25) is 11.4 Å². The summed E-state index contributed by atoms with van der Waals surface area (Å²) >= 11 is 0. The van der Waals surface area contributed by atoms with Crippen molar-refractivity contribution in [2.45, 2.75) is 51.9 Å². The molecule has 0 amide bonds. The number of nitro groups is 2. The van der Waals surface area contributed by atoms with E-state index in [4.69, 9.17) is 9.47 Å². The SMILES string of the molecule is CCC[N+]1=C(C=CC2=C3Oc4cc(Oc5ccc([N+](=O)[O-])cc5[N+](=O)[O-])ccc4C=C3CCC2)C(C)(C)c2ccccc21. The van der Waals surface area contributed by atoms with Crippen molar-refractivity contribution < 1.29 is 23.9 Å². The first-order chi connectivity index (χ1) is 20.7. The average molecular weight is 579 g/mol. The Balaban J connectivity index is 1.32. The van der Waals surface area contributed by atoms with Crippen molar-refractivity contribution in [2.24, 2.45) is 0 Å². The second kappa shape index (κ2) is 11.0. The molecule has 2 aliphatic heterocycles. The number of hydrogen-bond acceptors (Lipinski definition) is 6. The van der Waals surface area contributed by atoms with Crippen molar-refractivity contribution in [1.82, 2.24) is 0 Å². The Labute approximate surface area is 249 Å². The van der Waals surface area contributed by atoms with Crippen LogP contribution >= 0.6 is 0 Å². The van der Waals surface area contributed by atoms with Crippen LogP contribution in [0.4, 0.5) is 17.1 Å². The smallest absolute Gasteiger partial charge is 0.318 e. The number of non-ortho nitro benzene ring substituents is 1. The summed E-state index contributed by atoms with van der Waals surface area (Å²) in [6.07, 6.45) is 10.4. The predicted octanol–water partition coefficient (Wildman–Crippen LogP) is 8.55. The molecular formula is C34H32N3O6+. The Morgan fingerprint density at radius 1 is 1.00 bits per heavy atom. The van der Waals surface area contributed by atoms with Gasteiger partial charge in [0.25, 0.3) is 5.69 Å². The number of para-hydroxylation sites is 1. The van der Waals surface area contributed by atoms with Gasteiger partial charge in [-0.1, -0.05) is 25.1 Å². The highest BCUT2D eigenvalue weighted by Gasteiger charge is 2.43. The topological polar surface area (TPSA) is 108 Å². The van der Waals surface area contributed by atoms with E-state index in [2.05, 4.69) is 67.8 Å². The van der Waals surface area contributed by atoms with Gasteiger partial charge in [0, 0.05) is 41.8 Å². The average Bonchev–Trinajstić information content (AvgIpc) is 3.20. The highest BCUT2D eigenvalue weighted by Crippen LogP contribution is 2.44. The van der Waals surface area contributed by atoms with Crippen molar-refractivity contribution in [2.75, 3.05) is 6.54 Å². The molecule has 0 radical (unpaired) electrons. The third-order valence-electron chi connectivity index (χ3n) is 8.27. The molecule has 218 valence electrons. The van der Waals surface area contributed by atoms with E-state index in [0.717, 1.165) is 60.8 Å². The van der Waals surface area contributed by atoms with Gasteiger partial charge in [0.1, 0.15) is 23.8 Å². The normalized spacial score (nSPS) is 16.8. The number of nitro benzene ring substituents is 2. The molecule has 9 nitrogen and oxygen atoms in total. The van der Waals surface area contributed by atoms with Crippen LogP contribution in [0.25, 0.3) is 6.08 Å². The Hall–Kier alpha value is -5.05. The van der Waals surface area contributed by atoms with Gasteiger partial charge in [-0.05, 0) is 74.6 Å². The molecule has 0 unspecified atom stereocenters. The maximum Gasteiger partial charge on any atom is 0.318 e. The van der Waals surface area contributed by atoms with E-state index >= 15 is 0 Å². The maximum absolute atomic E-state index is 11.6. The fraction of sp³-hybridized carbons (Fsp3) is 0.265. The fourth-order valence-electron chi connectivity index (χ4n) is 6.17. The number of rotatable bonds is 8. The monoisotopic (exact) mass is 578 g/mol. The lowest BCUT2D eigenvalue weighted by atomic mass is 9.81. The van der Waals surface area contributed by atoms with Gasteiger partial charge in [0.05, 0.1) is 21.3 Å². The first-order valence-corrected chi connectivity index (χ1v) is 14.5. The Bertz CT molecular complexity index is 1800. The van der Waals surface area contributed by atoms with Gasteiger partial charge in [-0.25, -0.2) is 0 Å². The second-order valence-electron chi connectivity index (χ2n) is 11.5. The quantitative estimate of drug-likeness (QED) is 0.151. The molecule has 1 aliphatic carbocycles. The van der Waals surface area contributed by atoms with Crippen LogP contribution in [0, 0.1) is 20.2 Å². The molecule has 3 aromatic rings. The minimum atomic E-state index is -0.693. The van der Waals surface area contributed by atoms with Crippen LogP contribution in [0.15, 0.2) is 89.7 Å². The van der Waals surface area contributed by atoms with Crippen LogP contribution in [-0.2, 0) is 5.41 Å². The van der Waals surface area contributed by atoms with Crippen LogP contribution in [0.2, 0.25) is 0 Å². The first-order valence-electron chi connectivity index (χ1n) is 14.5. The number of hydrogen-bond donors (Lipinski definition) is 0. The predicted molar refractivity (Wildman–Crippen MR) is 164 cm³/mol. The van der Waals surface area contributed by atoms with Gasteiger partial charge >= 0.3 is 5.69 Å². The van der Waals surface area contributed by atoms with Crippen LogP contribution < -0.4 is 9.47 Å². The summed E-state index contributed by atoms with van der Waals surface area (Å²) in [5.41, 5.74) is 6.02. The van der Waals surface area contributed by atoms with Crippen LogP contribution in [0.1, 0.15) is 57.6 Å². The fourth-order valence-corrected chi connectivity index (χ4v) is 6.17. The van der Waals surface area contributed by atoms with Gasteiger partial charge in [0.15, 0.2) is 5.71 Å². The molecule has 2 heterocycles. The number of ether oxygens (including phenoxy) is 2. The number of nitrogens with zero attached hydrogens (tertiary/aromatic N) is 3. The third kappa shape index (κ3) is 5.11. The van der Waals surface area contributed by atoms with E-state index in [1.54, 1.807) is 12.1 Å². The van der Waals surface area contributed by atoms with Crippen molar-refractivity contribution >= 4 is 28.8 Å². The number of benzene rings is 3. The molecule has 0 saturated carbocycles. The van der Waals surface area contributed by atoms with E-state index in [1.165, 1.54) is 29.1 Å². The molecular weight excluding hydrogens is 546 g/mol. The van der Waals surface area contributed by atoms with E-state index in [9.17, 15) is 20.2 Å². The zero-order valence-corrected chi connectivity index (χ0v) is 24.3. The van der Waals surface area contributed by atoms with E-state index < -0.39 is 15.5 Å². The molecule has 6 rings (SSSR count). The van der Waals surface area contributed by atoms with Crippen LogP contribution in [-0.4, -0.2) is 26.7 Å². The summed E-state index contributed by atoms with van der Waals surface area (Å²) in [5.74, 6) is 1.67. The molecule has 9 heteroatoms. The molecule has 0 fully saturated rings. The van der Waals surface area contributed by atoms with Crippen molar-refractivity contribution in [3.05, 3.63) is 121 Å². The minimum absolute atomic E-state index is 0.0862. The first kappa shape index (κ1) is 28.1. The molecule has 43 heavy (non-hydrogen) atoms. The maximum atomic E-state index is 11.6. The van der Waals surface area contributed by atoms with E-state index in [0.29, 0.717) is 11.5 Å². The van der Waals surface area contributed by atoms with E-state index in [1.807, 2.05) is 6.07 Å². The number of fused-ring (bicyclic) bond motifs is 3. The molecule has 0 atom stereocenters. The Kier molecular flexibility index (Phi) is 7.17. The summed E-state index contributed by atoms with van der Waals surface area (Å²) in [7, 11) is 0. The zero-order chi connectivity index (χ0) is 30.3.